The molecular weight excluding hydrogens is 515 g/mol. The third-order valence-corrected chi connectivity index (χ3v) is 5.97. The number of rotatable bonds is 11. The molecule has 0 amide bonds. The predicted octanol–water partition coefficient (Wildman–Crippen LogP) is 5.20. The summed E-state index contributed by atoms with van der Waals surface area (Å²) in [5.74, 6) is -0.703. The van der Waals surface area contributed by atoms with Gasteiger partial charge in [-0.1, -0.05) is 25.4 Å². The van der Waals surface area contributed by atoms with Crippen LogP contribution in [0.15, 0.2) is 41.2 Å². The largest absolute Gasteiger partial charge is 0.482 e. The number of carbonyl (C=O) groups excluding carboxylic acids is 1. The molecule has 1 aromatic heterocycles. The van der Waals surface area contributed by atoms with E-state index < -0.39 is 24.0 Å². The number of halogens is 4. The van der Waals surface area contributed by atoms with Gasteiger partial charge in [-0.25, -0.2) is 14.0 Å². The second kappa shape index (κ2) is 12.2. The molecule has 0 aliphatic carbocycles. The monoisotopic (exact) mass is 542 g/mol. The van der Waals surface area contributed by atoms with Gasteiger partial charge in [0.1, 0.15) is 29.5 Å². The molecule has 0 aliphatic heterocycles. The summed E-state index contributed by atoms with van der Waals surface area (Å²) in [6, 6.07) is 8.30. The van der Waals surface area contributed by atoms with Crippen LogP contribution in [0.3, 0.4) is 0 Å². The zero-order valence-corrected chi connectivity index (χ0v) is 21.6. The molecule has 0 saturated heterocycles. The van der Waals surface area contributed by atoms with Crippen molar-refractivity contribution < 1.29 is 36.9 Å². The van der Waals surface area contributed by atoms with Crippen LogP contribution in [0.1, 0.15) is 39.6 Å². The Balaban J connectivity index is 1.96. The van der Waals surface area contributed by atoms with E-state index in [1.807, 2.05) is 13.8 Å². The van der Waals surface area contributed by atoms with Crippen molar-refractivity contribution in [2.24, 2.45) is 5.92 Å². The minimum atomic E-state index is -3.10. The SMILES string of the molecule is CCOC(=O)COc1ccc(Oc2cc(-n3c(=O)n(C(F)F)c(C)[n+]3CC(C)CC)c(F)cc2Cl)cc1. The Bertz CT molecular complexity index is 1310. The highest BCUT2D eigenvalue weighted by Crippen LogP contribution is 2.33. The molecule has 0 bridgehead atoms. The van der Waals surface area contributed by atoms with Crippen molar-refractivity contribution in [1.82, 2.24) is 9.25 Å². The summed E-state index contributed by atoms with van der Waals surface area (Å²) in [6.07, 6.45) is 0.720. The number of aromatic nitrogens is 3. The normalized spacial score (nSPS) is 12.0. The summed E-state index contributed by atoms with van der Waals surface area (Å²) < 4.78 is 60.9. The molecule has 1 heterocycles. The average molecular weight is 543 g/mol. The minimum absolute atomic E-state index is 0.00250. The molecule has 0 saturated carbocycles. The molecule has 0 radical (unpaired) electrons. The lowest BCUT2D eigenvalue weighted by Gasteiger charge is -2.13. The van der Waals surface area contributed by atoms with E-state index in [1.165, 1.54) is 29.8 Å². The molecule has 1 atom stereocenters. The van der Waals surface area contributed by atoms with Crippen LogP contribution in [0.5, 0.6) is 17.2 Å². The van der Waals surface area contributed by atoms with Crippen molar-refractivity contribution in [1.29, 1.82) is 0 Å². The van der Waals surface area contributed by atoms with Crippen LogP contribution in [-0.2, 0) is 16.1 Å². The Morgan fingerprint density at radius 1 is 1.14 bits per heavy atom. The number of alkyl halides is 2. The Kier molecular flexibility index (Phi) is 9.25. The van der Waals surface area contributed by atoms with E-state index in [0.29, 0.717) is 16.1 Å². The first-order chi connectivity index (χ1) is 17.6. The number of benzene rings is 2. The van der Waals surface area contributed by atoms with Gasteiger partial charge in [-0.3, -0.25) is 0 Å². The van der Waals surface area contributed by atoms with Crippen LogP contribution in [0.4, 0.5) is 13.2 Å². The van der Waals surface area contributed by atoms with E-state index in [4.69, 9.17) is 25.8 Å². The van der Waals surface area contributed by atoms with Gasteiger partial charge < -0.3 is 14.2 Å². The van der Waals surface area contributed by atoms with Gasteiger partial charge in [0.05, 0.1) is 11.6 Å². The molecule has 12 heteroatoms. The lowest BCUT2D eigenvalue weighted by atomic mass is 10.1. The molecule has 0 fully saturated rings. The average Bonchev–Trinajstić information content (AvgIpc) is 3.09. The summed E-state index contributed by atoms with van der Waals surface area (Å²) in [4.78, 5) is 24.4. The highest BCUT2D eigenvalue weighted by molar-refractivity contribution is 6.32. The molecule has 200 valence electrons. The first-order valence-corrected chi connectivity index (χ1v) is 12.0. The lowest BCUT2D eigenvalue weighted by Crippen LogP contribution is -2.49. The number of nitrogens with zero attached hydrogens (tertiary/aromatic N) is 3. The highest BCUT2D eigenvalue weighted by atomic mass is 35.5. The lowest BCUT2D eigenvalue weighted by molar-refractivity contribution is -0.779. The van der Waals surface area contributed by atoms with Gasteiger partial charge in [-0.05, 0) is 49.6 Å². The molecule has 1 unspecified atom stereocenters. The van der Waals surface area contributed by atoms with Gasteiger partial charge in [0, 0.05) is 13.0 Å². The number of hydrogen-bond donors (Lipinski definition) is 0. The quantitative estimate of drug-likeness (QED) is 0.246. The fourth-order valence-corrected chi connectivity index (χ4v) is 3.73. The van der Waals surface area contributed by atoms with Gasteiger partial charge in [-0.2, -0.15) is 8.78 Å². The number of esters is 1. The van der Waals surface area contributed by atoms with Crippen LogP contribution in [0, 0.1) is 18.7 Å². The predicted molar refractivity (Wildman–Crippen MR) is 129 cm³/mol. The van der Waals surface area contributed by atoms with Crippen molar-refractivity contribution in [3.8, 4) is 22.9 Å². The molecule has 2 aromatic carbocycles. The maximum atomic E-state index is 15.1. The first kappa shape index (κ1) is 28.1. The van der Waals surface area contributed by atoms with Crippen LogP contribution < -0.4 is 19.8 Å². The number of carbonyl (C=O) groups is 1. The summed E-state index contributed by atoms with van der Waals surface area (Å²) in [5, 5.41) is -0.0876. The van der Waals surface area contributed by atoms with Crippen LogP contribution in [0.25, 0.3) is 5.69 Å². The molecule has 0 N–H and O–H groups in total. The molecule has 0 spiro atoms. The summed E-state index contributed by atoms with van der Waals surface area (Å²) in [7, 11) is 0. The Hall–Kier alpha value is -3.47. The van der Waals surface area contributed by atoms with Gasteiger partial charge in [0.2, 0.25) is 0 Å². The van der Waals surface area contributed by atoms with Crippen LogP contribution in [-0.4, -0.2) is 28.4 Å². The Labute approximate surface area is 216 Å². The van der Waals surface area contributed by atoms with E-state index in [0.717, 1.165) is 17.2 Å². The van der Waals surface area contributed by atoms with Crippen molar-refractivity contribution in [2.45, 2.75) is 47.2 Å². The third kappa shape index (κ3) is 6.46. The van der Waals surface area contributed by atoms with E-state index in [9.17, 15) is 18.4 Å². The van der Waals surface area contributed by atoms with Crippen molar-refractivity contribution in [3.05, 3.63) is 63.5 Å². The maximum absolute atomic E-state index is 15.1. The fraction of sp³-hybridized carbons (Fsp3) is 0.400. The maximum Gasteiger partial charge on any atom is 0.456 e. The second-order valence-electron chi connectivity index (χ2n) is 8.29. The second-order valence-corrected chi connectivity index (χ2v) is 8.69. The van der Waals surface area contributed by atoms with Gasteiger partial charge in [0.25, 0.3) is 5.82 Å². The number of ether oxygens (including phenoxy) is 3. The van der Waals surface area contributed by atoms with E-state index in [-0.39, 0.29) is 48.0 Å². The van der Waals surface area contributed by atoms with Gasteiger partial charge >= 0.3 is 18.2 Å². The van der Waals surface area contributed by atoms with Crippen molar-refractivity contribution >= 4 is 17.6 Å². The minimum Gasteiger partial charge on any atom is -0.482 e. The molecule has 8 nitrogen and oxygen atoms in total. The third-order valence-electron chi connectivity index (χ3n) is 5.67. The molecule has 37 heavy (non-hydrogen) atoms. The summed E-state index contributed by atoms with van der Waals surface area (Å²) >= 11 is 6.20. The Morgan fingerprint density at radius 2 is 1.78 bits per heavy atom. The van der Waals surface area contributed by atoms with Crippen LogP contribution in [0.2, 0.25) is 5.02 Å². The Morgan fingerprint density at radius 3 is 2.38 bits per heavy atom. The van der Waals surface area contributed by atoms with E-state index >= 15 is 4.39 Å². The smallest absolute Gasteiger partial charge is 0.456 e. The number of hydrogen-bond acceptors (Lipinski definition) is 5. The van der Waals surface area contributed by atoms with Gasteiger partial charge in [0.15, 0.2) is 12.4 Å². The highest BCUT2D eigenvalue weighted by Gasteiger charge is 2.33. The first-order valence-electron chi connectivity index (χ1n) is 11.6. The van der Waals surface area contributed by atoms with Gasteiger partial charge in [-0.15, -0.1) is 13.9 Å². The van der Waals surface area contributed by atoms with Crippen molar-refractivity contribution in [3.63, 3.8) is 0 Å². The summed E-state index contributed by atoms with van der Waals surface area (Å²) in [5.41, 5.74) is -1.38. The van der Waals surface area contributed by atoms with Crippen molar-refractivity contribution in [2.75, 3.05) is 13.2 Å². The topological polar surface area (TPSA) is 75.6 Å². The molecule has 0 aliphatic rings. The van der Waals surface area contributed by atoms with E-state index in [2.05, 4.69) is 0 Å². The molecular formula is C25H28ClF3N3O5+. The fourth-order valence-electron chi connectivity index (χ4n) is 3.54. The standard InChI is InChI=1S/C25H28ClF3N3O5/c1-5-15(3)13-30-16(4)31(24(28)29)25(34)32(30)21-12-22(19(26)11-20(21)27)37-18-9-7-17(8-10-18)36-14-23(33)35-6-2/h7-12,15,24H,5-6,13-14H2,1-4H3/q+1. The zero-order valence-electron chi connectivity index (χ0n) is 20.8. The summed E-state index contributed by atoms with van der Waals surface area (Å²) in [6.45, 7) is 3.98. The zero-order chi connectivity index (χ0) is 27.3. The molecule has 3 aromatic rings. The van der Waals surface area contributed by atoms with Crippen LogP contribution >= 0.6 is 11.6 Å². The van der Waals surface area contributed by atoms with E-state index in [1.54, 1.807) is 19.1 Å². The molecule has 3 rings (SSSR count).